The number of hydrogen-bond donors (Lipinski definition) is 0. The van der Waals surface area contributed by atoms with E-state index in [9.17, 15) is 0 Å². The van der Waals surface area contributed by atoms with Gasteiger partial charge in [-0.1, -0.05) is 62.4 Å². The molecule has 0 aromatic heterocycles. The van der Waals surface area contributed by atoms with E-state index in [-0.39, 0.29) is 12.2 Å². The molecule has 136 valence electrons. The Morgan fingerprint density at radius 2 is 1.08 bits per heavy atom. The van der Waals surface area contributed by atoms with E-state index in [1.807, 2.05) is 0 Å². The second kappa shape index (κ2) is 8.79. The van der Waals surface area contributed by atoms with E-state index in [2.05, 4.69) is 90.1 Å². The Kier molecular flexibility index (Phi) is 7.00. The molecule has 3 heteroatoms. The van der Waals surface area contributed by atoms with E-state index in [1.54, 1.807) is 0 Å². The molecule has 2 rings (SSSR count). The summed E-state index contributed by atoms with van der Waals surface area (Å²) < 4.78 is 13.6. The van der Waals surface area contributed by atoms with Gasteiger partial charge >= 0.3 is 8.56 Å². The Morgan fingerprint density at radius 3 is 1.40 bits per heavy atom. The Balaban J connectivity index is 2.73. The summed E-state index contributed by atoms with van der Waals surface area (Å²) in [4.78, 5) is 0. The van der Waals surface area contributed by atoms with Crippen molar-refractivity contribution < 1.29 is 8.85 Å². The first-order valence-electron chi connectivity index (χ1n) is 9.42. The second-order valence-electron chi connectivity index (χ2n) is 6.92. The van der Waals surface area contributed by atoms with Gasteiger partial charge in [-0.25, -0.2) is 0 Å². The van der Waals surface area contributed by atoms with Gasteiger partial charge in [0.05, 0.1) is 0 Å². The summed E-state index contributed by atoms with van der Waals surface area (Å²) in [5.74, 6) is 0. The van der Waals surface area contributed by atoms with Gasteiger partial charge in [0, 0.05) is 22.6 Å². The van der Waals surface area contributed by atoms with Gasteiger partial charge < -0.3 is 8.85 Å². The lowest BCUT2D eigenvalue weighted by atomic mass is 10.2. The molecule has 2 nitrogen and oxygen atoms in total. The summed E-state index contributed by atoms with van der Waals surface area (Å²) in [7, 11) is -2.80. The third-order valence-corrected chi connectivity index (χ3v) is 8.89. The standard InChI is InChI=1S/C22H32O2Si/c1-7-19(5)23-25(24-20(6)8-2,21-15-11-9-13-17(21)3)22-16-12-10-14-18(22)4/h9-16,19-20H,7-8H2,1-6H3. The summed E-state index contributed by atoms with van der Waals surface area (Å²) in [5, 5.41) is 2.45. The second-order valence-corrected chi connectivity index (χ2v) is 9.70. The molecular weight excluding hydrogens is 324 g/mol. The van der Waals surface area contributed by atoms with Crippen LogP contribution in [0, 0.1) is 13.8 Å². The maximum atomic E-state index is 6.81. The first kappa shape index (κ1) is 19.9. The van der Waals surface area contributed by atoms with Crippen LogP contribution >= 0.6 is 0 Å². The maximum Gasteiger partial charge on any atom is 0.408 e. The molecule has 0 fully saturated rings. The van der Waals surface area contributed by atoms with Gasteiger partial charge in [0.25, 0.3) is 0 Å². The van der Waals surface area contributed by atoms with Crippen LogP contribution in [0.3, 0.4) is 0 Å². The molecule has 0 N–H and O–H groups in total. The van der Waals surface area contributed by atoms with E-state index in [4.69, 9.17) is 8.85 Å². The van der Waals surface area contributed by atoms with Crippen molar-refractivity contribution >= 4 is 18.9 Å². The van der Waals surface area contributed by atoms with Gasteiger partial charge in [-0.3, -0.25) is 0 Å². The van der Waals surface area contributed by atoms with Crippen molar-refractivity contribution in [2.45, 2.75) is 66.6 Å². The van der Waals surface area contributed by atoms with Crippen molar-refractivity contribution in [1.29, 1.82) is 0 Å². The average molecular weight is 357 g/mol. The summed E-state index contributed by atoms with van der Waals surface area (Å²) in [6.07, 6.45) is 2.23. The minimum Gasteiger partial charge on any atom is -0.385 e. The summed E-state index contributed by atoms with van der Waals surface area (Å²) >= 11 is 0. The Labute approximate surface area is 154 Å². The molecule has 0 aliphatic rings. The van der Waals surface area contributed by atoms with Crippen LogP contribution in [0.25, 0.3) is 0 Å². The minimum atomic E-state index is -2.80. The monoisotopic (exact) mass is 356 g/mol. The lowest BCUT2D eigenvalue weighted by molar-refractivity contribution is 0.106. The highest BCUT2D eigenvalue weighted by atomic mass is 28.4. The fourth-order valence-corrected chi connectivity index (χ4v) is 7.20. The molecule has 0 amide bonds. The normalized spacial score (nSPS) is 14.3. The summed E-state index contributed by atoms with van der Waals surface area (Å²) in [6.45, 7) is 13.0. The molecule has 0 aliphatic carbocycles. The lowest BCUT2D eigenvalue weighted by Crippen LogP contribution is -2.66. The topological polar surface area (TPSA) is 18.5 Å². The van der Waals surface area contributed by atoms with Crippen LogP contribution in [0.15, 0.2) is 48.5 Å². The van der Waals surface area contributed by atoms with Gasteiger partial charge in [0.15, 0.2) is 0 Å². The van der Waals surface area contributed by atoms with Crippen LogP contribution < -0.4 is 10.4 Å². The van der Waals surface area contributed by atoms with E-state index in [1.165, 1.54) is 21.5 Å². The van der Waals surface area contributed by atoms with Crippen LogP contribution in [-0.2, 0) is 8.85 Å². The first-order chi connectivity index (χ1) is 11.9. The maximum absolute atomic E-state index is 6.81. The zero-order valence-corrected chi connectivity index (χ0v) is 17.5. The molecule has 2 aromatic carbocycles. The molecule has 2 atom stereocenters. The van der Waals surface area contributed by atoms with E-state index >= 15 is 0 Å². The molecule has 2 unspecified atom stereocenters. The van der Waals surface area contributed by atoms with Crippen molar-refractivity contribution in [2.75, 3.05) is 0 Å². The third kappa shape index (κ3) is 4.41. The van der Waals surface area contributed by atoms with Crippen LogP contribution in [0.1, 0.15) is 51.7 Å². The molecule has 25 heavy (non-hydrogen) atoms. The fourth-order valence-electron chi connectivity index (χ4n) is 3.04. The number of hydrogen-bond acceptors (Lipinski definition) is 2. The number of aryl methyl sites for hydroxylation is 2. The fraction of sp³-hybridized carbons (Fsp3) is 0.455. The van der Waals surface area contributed by atoms with Crippen molar-refractivity contribution in [3.05, 3.63) is 59.7 Å². The molecule has 0 spiro atoms. The largest absolute Gasteiger partial charge is 0.408 e. The van der Waals surface area contributed by atoms with Crippen molar-refractivity contribution in [3.8, 4) is 0 Å². The Morgan fingerprint density at radius 1 is 0.720 bits per heavy atom. The molecule has 0 heterocycles. The van der Waals surface area contributed by atoms with Crippen LogP contribution in [0.4, 0.5) is 0 Å². The number of benzene rings is 2. The zero-order valence-electron chi connectivity index (χ0n) is 16.5. The molecule has 0 saturated heterocycles. The van der Waals surface area contributed by atoms with E-state index in [0.29, 0.717) is 0 Å². The molecule has 2 aromatic rings. The van der Waals surface area contributed by atoms with Gasteiger partial charge in [-0.05, 0) is 51.7 Å². The highest BCUT2D eigenvalue weighted by Crippen LogP contribution is 2.20. The highest BCUT2D eigenvalue weighted by Gasteiger charge is 2.46. The van der Waals surface area contributed by atoms with Gasteiger partial charge in [0.1, 0.15) is 0 Å². The van der Waals surface area contributed by atoms with Crippen molar-refractivity contribution in [3.63, 3.8) is 0 Å². The van der Waals surface area contributed by atoms with Crippen LogP contribution in [0.2, 0.25) is 0 Å². The predicted octanol–water partition coefficient (Wildman–Crippen LogP) is 4.49. The van der Waals surface area contributed by atoms with Crippen molar-refractivity contribution in [1.82, 2.24) is 0 Å². The van der Waals surface area contributed by atoms with Gasteiger partial charge in [-0.2, -0.15) is 0 Å². The van der Waals surface area contributed by atoms with Crippen LogP contribution in [0.5, 0.6) is 0 Å². The van der Waals surface area contributed by atoms with Gasteiger partial charge in [0.2, 0.25) is 0 Å². The number of rotatable bonds is 8. The van der Waals surface area contributed by atoms with Gasteiger partial charge in [-0.15, -0.1) is 0 Å². The molecule has 0 aliphatic heterocycles. The quantitative estimate of drug-likeness (QED) is 0.649. The highest BCUT2D eigenvalue weighted by molar-refractivity contribution is 6.93. The molecule has 0 radical (unpaired) electrons. The SMILES string of the molecule is CCC(C)O[Si](OC(C)CC)(c1ccccc1C)c1ccccc1C. The third-order valence-electron chi connectivity index (χ3n) is 4.88. The predicted molar refractivity (Wildman–Crippen MR) is 109 cm³/mol. The summed E-state index contributed by atoms with van der Waals surface area (Å²) in [5.41, 5.74) is 2.48. The molecule has 0 saturated carbocycles. The molecule has 0 bridgehead atoms. The summed E-state index contributed by atoms with van der Waals surface area (Å²) in [6, 6.07) is 17.1. The average Bonchev–Trinajstić information content (AvgIpc) is 2.61. The zero-order chi connectivity index (χ0) is 18.4. The van der Waals surface area contributed by atoms with Crippen LogP contribution in [-0.4, -0.2) is 20.8 Å². The molecular formula is C22H32O2Si. The van der Waals surface area contributed by atoms with E-state index < -0.39 is 8.56 Å². The van der Waals surface area contributed by atoms with Crippen molar-refractivity contribution in [2.24, 2.45) is 0 Å². The lowest BCUT2D eigenvalue weighted by Gasteiger charge is -2.37. The minimum absolute atomic E-state index is 0.148. The Bertz CT molecular complexity index is 624. The first-order valence-corrected chi connectivity index (χ1v) is 11.2. The smallest absolute Gasteiger partial charge is 0.385 e. The Hall–Kier alpha value is -1.42. The van der Waals surface area contributed by atoms with E-state index in [0.717, 1.165) is 12.8 Å².